The molecular weight excluding hydrogens is 330 g/mol. The molecule has 1 aromatic heterocycles. The number of hydrogen-bond donors (Lipinski definition) is 0. The zero-order chi connectivity index (χ0) is 15.6. The maximum atomic E-state index is 12.1. The zero-order valence-electron chi connectivity index (χ0n) is 13.2. The van der Waals surface area contributed by atoms with E-state index in [0.29, 0.717) is 12.2 Å². The predicted molar refractivity (Wildman–Crippen MR) is 97.5 cm³/mol. The van der Waals surface area contributed by atoms with E-state index in [4.69, 9.17) is 4.74 Å². The number of thioether (sulfide) groups is 1. The molecule has 0 saturated heterocycles. The number of carbonyl (C=O) groups excluding carboxylic acids is 1. The lowest BCUT2D eigenvalue weighted by Crippen LogP contribution is -2.08. The number of pyridine rings is 1. The summed E-state index contributed by atoms with van der Waals surface area (Å²) in [4.78, 5) is 16.4. The summed E-state index contributed by atoms with van der Waals surface area (Å²) < 4.78 is 5.28. The summed E-state index contributed by atoms with van der Waals surface area (Å²) in [5.74, 6) is 0.611. The van der Waals surface area contributed by atoms with Crippen molar-refractivity contribution in [3.63, 3.8) is 0 Å². The summed E-state index contributed by atoms with van der Waals surface area (Å²) in [6.45, 7) is 2.54. The Balaban J connectivity index is 0.00000264. The quantitative estimate of drug-likeness (QED) is 0.389. The fourth-order valence-corrected chi connectivity index (χ4v) is 2.93. The first-order valence-corrected chi connectivity index (χ1v) is 8.58. The Morgan fingerprint density at radius 2 is 1.96 bits per heavy atom. The molecule has 23 heavy (non-hydrogen) atoms. The third kappa shape index (κ3) is 6.63. The maximum Gasteiger partial charge on any atom is 0.340 e. The first kappa shape index (κ1) is 19.5. The highest BCUT2D eigenvalue weighted by molar-refractivity contribution is 7.99. The van der Waals surface area contributed by atoms with Crippen LogP contribution in [0.1, 0.15) is 35.7 Å². The van der Waals surface area contributed by atoms with Crippen LogP contribution in [0.2, 0.25) is 0 Å². The smallest absolute Gasteiger partial charge is 0.340 e. The second-order valence-corrected chi connectivity index (χ2v) is 6.01. The van der Waals surface area contributed by atoms with Crippen molar-refractivity contribution < 1.29 is 9.53 Å². The number of benzene rings is 1. The highest BCUT2D eigenvalue weighted by Crippen LogP contribution is 2.22. The van der Waals surface area contributed by atoms with Gasteiger partial charge >= 0.3 is 5.97 Å². The third-order valence-corrected chi connectivity index (χ3v) is 4.20. The van der Waals surface area contributed by atoms with Gasteiger partial charge in [-0.3, -0.25) is 0 Å². The summed E-state index contributed by atoms with van der Waals surface area (Å²) >= 11 is 1.60. The number of unbranched alkanes of at least 4 members (excludes halogenated alkanes) is 1. The molecule has 1 aromatic carbocycles. The lowest BCUT2D eigenvalue weighted by Gasteiger charge is -2.08. The van der Waals surface area contributed by atoms with Gasteiger partial charge in [-0.15, -0.1) is 24.2 Å². The number of hydrogen-bond acceptors (Lipinski definition) is 4. The van der Waals surface area contributed by atoms with Crippen molar-refractivity contribution in [1.29, 1.82) is 0 Å². The molecule has 0 radical (unpaired) electrons. The van der Waals surface area contributed by atoms with Gasteiger partial charge in [-0.05, 0) is 30.5 Å². The number of carbonyl (C=O) groups is 1. The van der Waals surface area contributed by atoms with Crippen LogP contribution >= 0.6 is 24.2 Å². The average molecular weight is 352 g/mol. The number of halogens is 1. The molecule has 5 heteroatoms. The first-order valence-electron chi connectivity index (χ1n) is 7.60. The minimum absolute atomic E-state index is 0. The van der Waals surface area contributed by atoms with Gasteiger partial charge in [0.2, 0.25) is 0 Å². The van der Waals surface area contributed by atoms with E-state index in [2.05, 4.69) is 24.0 Å². The van der Waals surface area contributed by atoms with E-state index >= 15 is 0 Å². The fourth-order valence-electron chi connectivity index (χ4n) is 1.96. The van der Waals surface area contributed by atoms with Crippen LogP contribution in [-0.2, 0) is 11.2 Å². The normalized spacial score (nSPS) is 9.96. The minimum atomic E-state index is -0.274. The van der Waals surface area contributed by atoms with Crippen molar-refractivity contribution in [1.82, 2.24) is 4.98 Å². The molecule has 2 aromatic rings. The first-order chi connectivity index (χ1) is 10.8. The van der Waals surface area contributed by atoms with Crippen LogP contribution in [-0.4, -0.2) is 23.3 Å². The molecule has 0 aliphatic heterocycles. The molecular formula is C18H22ClNO2S. The Kier molecular flexibility index (Phi) is 9.41. The van der Waals surface area contributed by atoms with Crippen molar-refractivity contribution in [2.24, 2.45) is 0 Å². The third-order valence-electron chi connectivity index (χ3n) is 3.19. The molecule has 0 unspecified atom stereocenters. The van der Waals surface area contributed by atoms with Gasteiger partial charge in [-0.1, -0.05) is 43.7 Å². The maximum absolute atomic E-state index is 12.1. The lowest BCUT2D eigenvalue weighted by atomic mass is 10.2. The molecule has 0 spiro atoms. The zero-order valence-corrected chi connectivity index (χ0v) is 14.9. The van der Waals surface area contributed by atoms with Gasteiger partial charge < -0.3 is 4.74 Å². The molecule has 0 aliphatic rings. The molecule has 124 valence electrons. The topological polar surface area (TPSA) is 39.2 Å². The van der Waals surface area contributed by atoms with E-state index in [9.17, 15) is 4.79 Å². The van der Waals surface area contributed by atoms with E-state index in [0.717, 1.165) is 30.0 Å². The highest BCUT2D eigenvalue weighted by Gasteiger charge is 2.13. The number of nitrogens with zero attached hydrogens (tertiary/aromatic N) is 1. The molecule has 0 atom stereocenters. The molecule has 0 saturated carbocycles. The van der Waals surface area contributed by atoms with E-state index < -0.39 is 0 Å². The predicted octanol–water partition coefficient (Wildman–Crippen LogP) is 4.80. The summed E-state index contributed by atoms with van der Waals surface area (Å²) in [6, 6.07) is 13.9. The van der Waals surface area contributed by atoms with Crippen LogP contribution in [0.15, 0.2) is 53.7 Å². The summed E-state index contributed by atoms with van der Waals surface area (Å²) in [5, 5.41) is 0.750. The summed E-state index contributed by atoms with van der Waals surface area (Å²) in [6.07, 6.45) is 4.57. The van der Waals surface area contributed by atoms with Gasteiger partial charge in [-0.25, -0.2) is 9.78 Å². The van der Waals surface area contributed by atoms with Gasteiger partial charge in [0, 0.05) is 11.9 Å². The van der Waals surface area contributed by atoms with Gasteiger partial charge in [0.15, 0.2) is 0 Å². The van der Waals surface area contributed by atoms with Crippen molar-refractivity contribution in [3.05, 3.63) is 59.8 Å². The SMILES string of the molecule is CCCCOC(=O)c1cccnc1SCCc1ccccc1.Cl. The molecule has 1 heterocycles. The average Bonchev–Trinajstić information content (AvgIpc) is 2.56. The van der Waals surface area contributed by atoms with E-state index in [-0.39, 0.29) is 18.4 Å². The van der Waals surface area contributed by atoms with Gasteiger partial charge in [0.1, 0.15) is 5.03 Å². The van der Waals surface area contributed by atoms with Gasteiger partial charge in [0.25, 0.3) is 0 Å². The highest BCUT2D eigenvalue weighted by atomic mass is 35.5. The Morgan fingerprint density at radius 3 is 2.70 bits per heavy atom. The van der Waals surface area contributed by atoms with Crippen molar-refractivity contribution in [3.8, 4) is 0 Å². The van der Waals surface area contributed by atoms with E-state index in [1.54, 1.807) is 30.1 Å². The number of aromatic nitrogens is 1. The second-order valence-electron chi connectivity index (χ2n) is 4.93. The molecule has 0 N–H and O–H groups in total. The molecule has 0 aliphatic carbocycles. The standard InChI is InChI=1S/C18H21NO2S.ClH/c1-2-3-13-21-18(20)16-10-7-12-19-17(16)22-14-11-15-8-5-4-6-9-15;/h4-10,12H,2-3,11,13-14H2,1H3;1H. The summed E-state index contributed by atoms with van der Waals surface area (Å²) in [5.41, 5.74) is 1.86. The number of ether oxygens (including phenoxy) is 1. The Hall–Kier alpha value is -1.52. The van der Waals surface area contributed by atoms with Crippen LogP contribution in [0.5, 0.6) is 0 Å². The molecule has 0 fully saturated rings. The van der Waals surface area contributed by atoms with E-state index in [1.807, 2.05) is 18.2 Å². The van der Waals surface area contributed by atoms with Gasteiger partial charge in [-0.2, -0.15) is 0 Å². The Bertz CT molecular complexity index is 593. The molecule has 2 rings (SSSR count). The van der Waals surface area contributed by atoms with Crippen molar-refractivity contribution >= 4 is 30.1 Å². The minimum Gasteiger partial charge on any atom is -0.462 e. The molecule has 0 bridgehead atoms. The van der Waals surface area contributed by atoms with Crippen molar-refractivity contribution in [2.75, 3.05) is 12.4 Å². The van der Waals surface area contributed by atoms with Gasteiger partial charge in [0.05, 0.1) is 12.2 Å². The van der Waals surface area contributed by atoms with Crippen LogP contribution in [0.4, 0.5) is 0 Å². The monoisotopic (exact) mass is 351 g/mol. The molecule has 3 nitrogen and oxygen atoms in total. The van der Waals surface area contributed by atoms with Crippen molar-refractivity contribution in [2.45, 2.75) is 31.2 Å². The Morgan fingerprint density at radius 1 is 1.17 bits per heavy atom. The largest absolute Gasteiger partial charge is 0.462 e. The number of rotatable bonds is 8. The van der Waals surface area contributed by atoms with Crippen LogP contribution in [0, 0.1) is 0 Å². The van der Waals surface area contributed by atoms with Crippen LogP contribution < -0.4 is 0 Å². The van der Waals surface area contributed by atoms with E-state index in [1.165, 1.54) is 5.56 Å². The fraction of sp³-hybridized carbons (Fsp3) is 0.333. The second kappa shape index (κ2) is 11.1. The Labute approximate surface area is 148 Å². The van der Waals surface area contributed by atoms with Crippen LogP contribution in [0.25, 0.3) is 0 Å². The lowest BCUT2D eigenvalue weighted by molar-refractivity contribution is 0.0494. The number of esters is 1. The molecule has 0 amide bonds. The van der Waals surface area contributed by atoms with Crippen LogP contribution in [0.3, 0.4) is 0 Å². The number of aryl methyl sites for hydroxylation is 1. The summed E-state index contributed by atoms with van der Waals surface area (Å²) in [7, 11) is 0.